The van der Waals surface area contributed by atoms with Gasteiger partial charge < -0.3 is 10.1 Å². The number of nitrogens with one attached hydrogen (secondary N) is 1. The molecule has 2 fully saturated rings. The molecule has 0 aromatic heterocycles. The molecule has 16 heavy (non-hydrogen) atoms. The monoisotopic (exact) mass is 247 g/mol. The standard InChI is InChI=1S/C11H21NO3S/c1-12-9-11(16(2,13)14)7-10(8-11)3-5-15-6-4-10/h12H,3-9H2,1-2H3. The van der Waals surface area contributed by atoms with E-state index < -0.39 is 14.6 Å². The minimum absolute atomic E-state index is 0.248. The topological polar surface area (TPSA) is 55.4 Å². The van der Waals surface area contributed by atoms with E-state index in [9.17, 15) is 8.42 Å². The smallest absolute Gasteiger partial charge is 0.154 e. The number of hydrogen-bond acceptors (Lipinski definition) is 4. The van der Waals surface area contributed by atoms with Crippen molar-refractivity contribution in [2.75, 3.05) is 33.1 Å². The molecule has 5 heteroatoms. The molecule has 0 bridgehead atoms. The van der Waals surface area contributed by atoms with Crippen LogP contribution in [0, 0.1) is 5.41 Å². The van der Waals surface area contributed by atoms with E-state index in [4.69, 9.17) is 4.74 Å². The zero-order valence-electron chi connectivity index (χ0n) is 10.1. The van der Waals surface area contributed by atoms with E-state index in [1.807, 2.05) is 7.05 Å². The summed E-state index contributed by atoms with van der Waals surface area (Å²) in [5, 5.41) is 3.03. The van der Waals surface area contributed by atoms with E-state index in [0.29, 0.717) is 6.54 Å². The Morgan fingerprint density at radius 1 is 1.25 bits per heavy atom. The van der Waals surface area contributed by atoms with Gasteiger partial charge in [-0.1, -0.05) is 0 Å². The molecule has 0 aromatic carbocycles. The lowest BCUT2D eigenvalue weighted by molar-refractivity contribution is -0.0485. The Hall–Kier alpha value is -0.130. The number of sulfone groups is 1. The van der Waals surface area contributed by atoms with Crippen LogP contribution in [0.4, 0.5) is 0 Å². The molecule has 0 aromatic rings. The van der Waals surface area contributed by atoms with Gasteiger partial charge in [0.25, 0.3) is 0 Å². The summed E-state index contributed by atoms with van der Waals surface area (Å²) in [5.41, 5.74) is 0.248. The lowest BCUT2D eigenvalue weighted by atomic mass is 9.57. The highest BCUT2D eigenvalue weighted by Crippen LogP contribution is 2.57. The minimum Gasteiger partial charge on any atom is -0.381 e. The summed E-state index contributed by atoms with van der Waals surface area (Å²) >= 11 is 0. The third-order valence-corrected chi connectivity index (χ3v) is 6.24. The van der Waals surface area contributed by atoms with Crippen molar-refractivity contribution in [1.82, 2.24) is 5.32 Å². The molecule has 0 unspecified atom stereocenters. The van der Waals surface area contributed by atoms with Gasteiger partial charge in [0, 0.05) is 26.0 Å². The first-order chi connectivity index (χ1) is 7.43. The molecule has 1 saturated heterocycles. The maximum absolute atomic E-state index is 11.9. The summed E-state index contributed by atoms with van der Waals surface area (Å²) in [7, 11) is -1.15. The van der Waals surface area contributed by atoms with Crippen LogP contribution in [0.2, 0.25) is 0 Å². The normalized spacial score (nSPS) is 27.6. The molecule has 1 aliphatic carbocycles. The zero-order chi connectivity index (χ0) is 11.9. The number of hydrogen-bond donors (Lipinski definition) is 1. The fourth-order valence-electron chi connectivity index (χ4n) is 3.31. The largest absolute Gasteiger partial charge is 0.381 e. The summed E-state index contributed by atoms with van der Waals surface area (Å²) in [6.45, 7) is 2.16. The molecule has 1 spiro atoms. The predicted octanol–water partition coefficient (Wildman–Crippen LogP) is 0.580. The zero-order valence-corrected chi connectivity index (χ0v) is 10.9. The molecule has 1 saturated carbocycles. The van der Waals surface area contributed by atoms with Crippen molar-refractivity contribution in [3.8, 4) is 0 Å². The van der Waals surface area contributed by atoms with Crippen molar-refractivity contribution in [3.05, 3.63) is 0 Å². The van der Waals surface area contributed by atoms with Crippen LogP contribution in [0.15, 0.2) is 0 Å². The molecule has 1 aliphatic heterocycles. The van der Waals surface area contributed by atoms with Crippen LogP contribution in [0.25, 0.3) is 0 Å². The van der Waals surface area contributed by atoms with E-state index in [1.54, 1.807) is 0 Å². The van der Waals surface area contributed by atoms with Gasteiger partial charge in [0.1, 0.15) is 0 Å². The quantitative estimate of drug-likeness (QED) is 0.792. The van der Waals surface area contributed by atoms with Crippen molar-refractivity contribution in [1.29, 1.82) is 0 Å². The Labute approximate surface area is 97.7 Å². The third-order valence-electron chi connectivity index (χ3n) is 4.23. The van der Waals surface area contributed by atoms with Gasteiger partial charge in [-0.3, -0.25) is 0 Å². The SMILES string of the molecule is CNCC1(S(C)(=O)=O)CC2(CCOCC2)C1. The van der Waals surface area contributed by atoms with Crippen LogP contribution < -0.4 is 5.32 Å². The van der Waals surface area contributed by atoms with Gasteiger partial charge in [0.2, 0.25) is 0 Å². The van der Waals surface area contributed by atoms with E-state index in [1.165, 1.54) is 6.26 Å². The van der Waals surface area contributed by atoms with E-state index in [-0.39, 0.29) is 5.41 Å². The van der Waals surface area contributed by atoms with Gasteiger partial charge in [-0.25, -0.2) is 8.42 Å². The van der Waals surface area contributed by atoms with Crippen LogP contribution >= 0.6 is 0 Å². The lowest BCUT2D eigenvalue weighted by Crippen LogP contribution is -2.62. The van der Waals surface area contributed by atoms with Gasteiger partial charge in [-0.05, 0) is 38.1 Å². The Balaban J connectivity index is 2.11. The van der Waals surface area contributed by atoms with Crippen LogP contribution in [0.3, 0.4) is 0 Å². The molecule has 1 N–H and O–H groups in total. The number of rotatable bonds is 3. The second-order valence-corrected chi connectivity index (χ2v) is 7.86. The van der Waals surface area contributed by atoms with Crippen molar-refractivity contribution in [2.24, 2.45) is 5.41 Å². The average Bonchev–Trinajstić information content (AvgIpc) is 2.15. The Morgan fingerprint density at radius 2 is 1.81 bits per heavy atom. The first-order valence-electron chi connectivity index (χ1n) is 5.85. The van der Waals surface area contributed by atoms with E-state index in [0.717, 1.165) is 38.9 Å². The molecule has 0 amide bonds. The summed E-state index contributed by atoms with van der Waals surface area (Å²) in [4.78, 5) is 0. The van der Waals surface area contributed by atoms with Gasteiger partial charge in [0.15, 0.2) is 9.84 Å². The summed E-state index contributed by atoms with van der Waals surface area (Å²) in [5.74, 6) is 0. The van der Waals surface area contributed by atoms with Crippen molar-refractivity contribution >= 4 is 9.84 Å². The van der Waals surface area contributed by atoms with E-state index >= 15 is 0 Å². The molecule has 0 atom stereocenters. The molecule has 0 radical (unpaired) electrons. The van der Waals surface area contributed by atoms with Crippen LogP contribution in [-0.4, -0.2) is 46.2 Å². The van der Waals surface area contributed by atoms with E-state index in [2.05, 4.69) is 5.32 Å². The second-order valence-electron chi connectivity index (χ2n) is 5.45. The van der Waals surface area contributed by atoms with Gasteiger partial charge >= 0.3 is 0 Å². The van der Waals surface area contributed by atoms with Crippen LogP contribution in [-0.2, 0) is 14.6 Å². The van der Waals surface area contributed by atoms with Crippen molar-refractivity contribution < 1.29 is 13.2 Å². The Kier molecular flexibility index (Phi) is 3.05. The highest BCUT2D eigenvalue weighted by molar-refractivity contribution is 7.92. The summed E-state index contributed by atoms with van der Waals surface area (Å²) in [6.07, 6.45) is 5.03. The Bertz CT molecular complexity index is 349. The van der Waals surface area contributed by atoms with Gasteiger partial charge in [-0.2, -0.15) is 0 Å². The third kappa shape index (κ3) is 1.89. The highest BCUT2D eigenvalue weighted by Gasteiger charge is 2.59. The molecule has 94 valence electrons. The fraction of sp³-hybridized carbons (Fsp3) is 1.00. The predicted molar refractivity (Wildman–Crippen MR) is 63.2 cm³/mol. The van der Waals surface area contributed by atoms with Crippen LogP contribution in [0.5, 0.6) is 0 Å². The van der Waals surface area contributed by atoms with Crippen molar-refractivity contribution in [3.63, 3.8) is 0 Å². The summed E-state index contributed by atoms with van der Waals surface area (Å²) in [6, 6.07) is 0. The minimum atomic E-state index is -2.97. The van der Waals surface area contributed by atoms with Gasteiger partial charge in [0.05, 0.1) is 4.75 Å². The highest BCUT2D eigenvalue weighted by atomic mass is 32.2. The molecule has 1 heterocycles. The Morgan fingerprint density at radius 3 is 2.25 bits per heavy atom. The second kappa shape index (κ2) is 3.96. The molecular formula is C11H21NO3S. The summed E-state index contributed by atoms with van der Waals surface area (Å²) < 4.78 is 28.6. The molecule has 2 rings (SSSR count). The lowest BCUT2D eigenvalue weighted by Gasteiger charge is -2.56. The van der Waals surface area contributed by atoms with Crippen molar-refractivity contribution in [2.45, 2.75) is 30.4 Å². The number of ether oxygens (including phenoxy) is 1. The maximum Gasteiger partial charge on any atom is 0.154 e. The molecule has 4 nitrogen and oxygen atoms in total. The fourth-order valence-corrected chi connectivity index (χ4v) is 4.86. The maximum atomic E-state index is 11.9. The molecule has 2 aliphatic rings. The van der Waals surface area contributed by atoms with Crippen LogP contribution in [0.1, 0.15) is 25.7 Å². The first-order valence-corrected chi connectivity index (χ1v) is 7.74. The average molecular weight is 247 g/mol. The van der Waals surface area contributed by atoms with Gasteiger partial charge in [-0.15, -0.1) is 0 Å². The molecular weight excluding hydrogens is 226 g/mol. The first kappa shape index (κ1) is 12.3.